The second-order valence-corrected chi connectivity index (χ2v) is 3.01. The molecule has 1 heterocycles. The van der Waals surface area contributed by atoms with Gasteiger partial charge in [-0.15, -0.1) is 0 Å². The van der Waals surface area contributed by atoms with E-state index in [9.17, 15) is 14.7 Å². The third kappa shape index (κ3) is 1.63. The van der Waals surface area contributed by atoms with Crippen molar-refractivity contribution in [2.45, 2.75) is 25.2 Å². The van der Waals surface area contributed by atoms with Crippen LogP contribution < -0.4 is 0 Å². The summed E-state index contributed by atoms with van der Waals surface area (Å²) in [6, 6.07) is -1.33. The van der Waals surface area contributed by atoms with Gasteiger partial charge in [-0.1, -0.05) is 0 Å². The van der Waals surface area contributed by atoms with E-state index in [2.05, 4.69) is 0 Å². The zero-order chi connectivity index (χ0) is 10.2. The van der Waals surface area contributed by atoms with Crippen molar-refractivity contribution in [1.82, 2.24) is 4.90 Å². The summed E-state index contributed by atoms with van der Waals surface area (Å²) in [6.45, 7) is 1.06. The number of carbonyl (C=O) groups is 2. The lowest BCUT2D eigenvalue weighted by molar-refractivity contribution is -0.150. The number of amides is 1. The molecular weight excluding hydrogens is 178 g/mol. The van der Waals surface area contributed by atoms with Crippen molar-refractivity contribution >= 4 is 11.9 Å². The van der Waals surface area contributed by atoms with Crippen LogP contribution in [0.25, 0.3) is 0 Å². The smallest absolute Gasteiger partial charge is 0.329 e. The van der Waals surface area contributed by atoms with Crippen molar-refractivity contribution in [3.8, 4) is 0 Å². The van der Waals surface area contributed by atoms with Crippen molar-refractivity contribution < 1.29 is 24.9 Å². The molecule has 1 rings (SSSR count). The zero-order valence-electron chi connectivity index (χ0n) is 7.04. The number of hydrogen-bond donors (Lipinski definition) is 3. The van der Waals surface area contributed by atoms with Gasteiger partial charge in [-0.25, -0.2) is 4.79 Å². The monoisotopic (exact) mass is 189 g/mol. The molecular formula is C7H11NO5. The highest BCUT2D eigenvalue weighted by Crippen LogP contribution is 2.18. The van der Waals surface area contributed by atoms with Crippen LogP contribution in [0.4, 0.5) is 0 Å². The van der Waals surface area contributed by atoms with Crippen LogP contribution in [0.5, 0.6) is 0 Å². The Morgan fingerprint density at radius 3 is 2.23 bits per heavy atom. The second-order valence-electron chi connectivity index (χ2n) is 3.01. The molecule has 3 unspecified atom stereocenters. The molecule has 6 heteroatoms. The van der Waals surface area contributed by atoms with E-state index in [1.54, 1.807) is 0 Å². The molecule has 0 aliphatic carbocycles. The molecule has 0 aromatic heterocycles. The Morgan fingerprint density at radius 2 is 1.92 bits per heavy atom. The summed E-state index contributed by atoms with van der Waals surface area (Å²) in [5, 5.41) is 27.0. The van der Waals surface area contributed by atoms with Crippen molar-refractivity contribution in [3.63, 3.8) is 0 Å². The van der Waals surface area contributed by atoms with E-state index in [-0.39, 0.29) is 6.54 Å². The topological polar surface area (TPSA) is 98.1 Å². The van der Waals surface area contributed by atoms with Gasteiger partial charge in [0, 0.05) is 6.92 Å². The third-order valence-corrected chi connectivity index (χ3v) is 2.09. The zero-order valence-corrected chi connectivity index (χ0v) is 7.04. The molecule has 0 saturated carbocycles. The highest BCUT2D eigenvalue weighted by Gasteiger charge is 2.45. The Morgan fingerprint density at radius 1 is 1.38 bits per heavy atom. The fourth-order valence-electron chi connectivity index (χ4n) is 1.42. The van der Waals surface area contributed by atoms with Gasteiger partial charge in [0.05, 0.1) is 6.54 Å². The van der Waals surface area contributed by atoms with E-state index in [1.807, 2.05) is 0 Å². The van der Waals surface area contributed by atoms with Crippen molar-refractivity contribution in [2.75, 3.05) is 6.54 Å². The Labute approximate surface area is 74.4 Å². The third-order valence-electron chi connectivity index (χ3n) is 2.09. The van der Waals surface area contributed by atoms with Crippen LogP contribution in [0.2, 0.25) is 0 Å². The molecule has 6 nitrogen and oxygen atoms in total. The Bertz CT molecular complexity index is 241. The molecule has 74 valence electrons. The van der Waals surface area contributed by atoms with E-state index < -0.39 is 30.1 Å². The van der Waals surface area contributed by atoms with E-state index in [0.717, 1.165) is 4.90 Å². The number of likely N-dealkylation sites (tertiary alicyclic amines) is 1. The summed E-state index contributed by atoms with van der Waals surface area (Å²) in [5.74, 6) is -1.78. The maximum Gasteiger partial charge on any atom is 0.329 e. The quantitative estimate of drug-likeness (QED) is 0.444. The van der Waals surface area contributed by atoms with Crippen LogP contribution in [-0.2, 0) is 9.59 Å². The summed E-state index contributed by atoms with van der Waals surface area (Å²) in [7, 11) is 0. The SMILES string of the molecule is CC(=O)N1CC(O)C(O)C1C(=O)O. The minimum atomic E-state index is -1.40. The maximum absolute atomic E-state index is 10.9. The molecule has 0 radical (unpaired) electrons. The average Bonchev–Trinajstić information content (AvgIpc) is 2.28. The number of rotatable bonds is 1. The van der Waals surface area contributed by atoms with Gasteiger partial charge in [0.25, 0.3) is 0 Å². The van der Waals surface area contributed by atoms with Gasteiger partial charge < -0.3 is 20.2 Å². The Hall–Kier alpha value is -1.14. The van der Waals surface area contributed by atoms with Crippen LogP contribution in [0.1, 0.15) is 6.92 Å². The van der Waals surface area contributed by atoms with Crippen LogP contribution in [0.15, 0.2) is 0 Å². The highest BCUT2D eigenvalue weighted by molar-refractivity contribution is 5.83. The Kier molecular flexibility index (Phi) is 2.53. The average molecular weight is 189 g/mol. The van der Waals surface area contributed by atoms with E-state index in [0.29, 0.717) is 0 Å². The van der Waals surface area contributed by atoms with Crippen LogP contribution in [-0.4, -0.2) is 56.9 Å². The van der Waals surface area contributed by atoms with Gasteiger partial charge in [-0.2, -0.15) is 0 Å². The number of carboxylic acids is 1. The molecule has 0 bridgehead atoms. The predicted octanol–water partition coefficient (Wildman–Crippen LogP) is -1.98. The number of nitrogens with zero attached hydrogens (tertiary/aromatic N) is 1. The van der Waals surface area contributed by atoms with Crippen LogP contribution in [0.3, 0.4) is 0 Å². The van der Waals surface area contributed by atoms with Gasteiger partial charge in [-0.05, 0) is 0 Å². The molecule has 0 aromatic carbocycles. The first-order chi connectivity index (χ1) is 5.95. The first-order valence-electron chi connectivity index (χ1n) is 3.81. The van der Waals surface area contributed by atoms with E-state index in [4.69, 9.17) is 10.2 Å². The molecule has 1 saturated heterocycles. The fourth-order valence-corrected chi connectivity index (χ4v) is 1.42. The van der Waals surface area contributed by atoms with Crippen molar-refractivity contribution in [2.24, 2.45) is 0 Å². The number of carboxylic acid groups (broad SMARTS) is 1. The molecule has 1 aliphatic heterocycles. The number of β-amino-alcohol motifs (C(OH)–C–C–N with tert-alkyl or cyclic N) is 1. The highest BCUT2D eigenvalue weighted by atomic mass is 16.4. The summed E-state index contributed by atoms with van der Waals surface area (Å²) in [5.41, 5.74) is 0. The second kappa shape index (κ2) is 3.31. The lowest BCUT2D eigenvalue weighted by atomic mass is 10.1. The molecule has 3 atom stereocenters. The molecule has 1 amide bonds. The maximum atomic E-state index is 10.9. The largest absolute Gasteiger partial charge is 0.480 e. The summed E-state index contributed by atoms with van der Waals surface area (Å²) in [6.07, 6.45) is -2.58. The van der Waals surface area contributed by atoms with Gasteiger partial charge >= 0.3 is 5.97 Å². The molecule has 0 aromatic rings. The molecule has 1 fully saturated rings. The number of aliphatic hydroxyl groups is 2. The first-order valence-corrected chi connectivity index (χ1v) is 3.81. The Balaban J connectivity index is 2.86. The van der Waals surface area contributed by atoms with E-state index >= 15 is 0 Å². The fraction of sp³-hybridized carbons (Fsp3) is 0.714. The van der Waals surface area contributed by atoms with Crippen molar-refractivity contribution in [3.05, 3.63) is 0 Å². The number of carbonyl (C=O) groups excluding carboxylic acids is 1. The van der Waals surface area contributed by atoms with Crippen LogP contribution in [0, 0.1) is 0 Å². The number of hydrogen-bond acceptors (Lipinski definition) is 4. The molecule has 13 heavy (non-hydrogen) atoms. The minimum Gasteiger partial charge on any atom is -0.480 e. The minimum absolute atomic E-state index is 0.131. The lowest BCUT2D eigenvalue weighted by Crippen LogP contribution is -2.44. The summed E-state index contributed by atoms with van der Waals surface area (Å²) in [4.78, 5) is 22.4. The number of aliphatic hydroxyl groups excluding tert-OH is 2. The van der Waals surface area contributed by atoms with Gasteiger partial charge in [0.15, 0.2) is 6.04 Å². The standard InChI is InChI=1S/C7H11NO5/c1-3(9)8-2-4(10)6(11)5(8)7(12)13/h4-6,10-11H,2H2,1H3,(H,12,13). The van der Waals surface area contributed by atoms with Gasteiger partial charge in [0.2, 0.25) is 5.91 Å². The van der Waals surface area contributed by atoms with Gasteiger partial charge in [0.1, 0.15) is 12.2 Å². The molecule has 3 N–H and O–H groups in total. The number of aliphatic carboxylic acids is 1. The summed E-state index contributed by atoms with van der Waals surface area (Å²) < 4.78 is 0. The van der Waals surface area contributed by atoms with Crippen molar-refractivity contribution in [1.29, 1.82) is 0 Å². The first kappa shape index (κ1) is 9.94. The molecule has 1 aliphatic rings. The van der Waals surface area contributed by atoms with Crippen LogP contribution >= 0.6 is 0 Å². The van der Waals surface area contributed by atoms with E-state index in [1.165, 1.54) is 6.92 Å². The normalized spacial score (nSPS) is 33.5. The van der Waals surface area contributed by atoms with Gasteiger partial charge in [-0.3, -0.25) is 4.79 Å². The predicted molar refractivity (Wildman–Crippen MR) is 40.8 cm³/mol. The summed E-state index contributed by atoms with van der Waals surface area (Å²) >= 11 is 0. The lowest BCUT2D eigenvalue weighted by Gasteiger charge is -2.20. The molecule has 0 spiro atoms.